The number of hydrogen-bond acceptors (Lipinski definition) is 16. The number of allylic oxidation sites excluding steroid dienone is 3. The minimum atomic E-state index is -2.04. The summed E-state index contributed by atoms with van der Waals surface area (Å²) < 4.78 is 11.8. The number of aromatic hydroxyl groups is 1. The fourth-order valence-electron chi connectivity index (χ4n) is 20.5. The molecule has 13 aliphatic rings. The van der Waals surface area contributed by atoms with Gasteiger partial charge in [-0.05, 0) is 166 Å². The van der Waals surface area contributed by atoms with E-state index in [-0.39, 0.29) is 80.3 Å². The smallest absolute Gasteiger partial charge is 0.235 e. The number of benzene rings is 1. The molecule has 10 N–H and O–H groups in total. The van der Waals surface area contributed by atoms with Crippen molar-refractivity contribution in [2.24, 2.45) is 79.8 Å². The lowest BCUT2D eigenvalue weighted by Gasteiger charge is -2.68. The first kappa shape index (κ1) is 57.1. The van der Waals surface area contributed by atoms with Gasteiger partial charge in [0.2, 0.25) is 5.91 Å². The molecule has 5 aliphatic heterocycles. The van der Waals surface area contributed by atoms with E-state index >= 15 is 9.59 Å². The summed E-state index contributed by atoms with van der Waals surface area (Å²) in [7, 11) is 4.16. The molecule has 21 atom stereocenters. The summed E-state index contributed by atoms with van der Waals surface area (Å²) in [5.74, 6) is -2.45. The molecule has 4 spiro atoms. The van der Waals surface area contributed by atoms with E-state index < -0.39 is 109 Å². The number of aliphatic hydroxyl groups is 8. The number of unbranched alkanes of at least 4 members (excludes halogenated alkanes) is 1. The van der Waals surface area contributed by atoms with Gasteiger partial charge in [0.05, 0.1) is 48.0 Å². The Bertz CT molecular complexity index is 2670. The third kappa shape index (κ3) is 7.51. The van der Waals surface area contributed by atoms with E-state index in [9.17, 15) is 46.0 Å². The molecule has 0 radical (unpaired) electrons. The van der Waals surface area contributed by atoms with Crippen LogP contribution in [0.5, 0.6) is 5.75 Å². The molecule has 15 nitrogen and oxygen atoms in total. The second kappa shape index (κ2) is 19.9. The highest BCUT2D eigenvalue weighted by Crippen LogP contribution is 2.79. The van der Waals surface area contributed by atoms with E-state index in [4.69, 9.17) is 9.47 Å². The van der Waals surface area contributed by atoms with Crippen LogP contribution in [0.15, 0.2) is 54.2 Å². The Morgan fingerprint density at radius 1 is 0.949 bits per heavy atom. The van der Waals surface area contributed by atoms with Gasteiger partial charge in [-0.15, -0.1) is 0 Å². The third-order valence-electron chi connectivity index (χ3n) is 24.5. The molecule has 7 fully saturated rings. The average Bonchev–Trinajstić information content (AvgIpc) is 2.37. The Kier molecular flexibility index (Phi) is 14.4. The predicted octanol–water partition coefficient (Wildman–Crippen LogP) is 5.61. The molecule has 8 bridgehead atoms. The Morgan fingerprint density at radius 2 is 1.73 bits per heavy atom. The first-order chi connectivity index (χ1) is 37.6. The van der Waals surface area contributed by atoms with Crippen LogP contribution in [-0.2, 0) is 25.5 Å². The number of fused-ring (bicyclic) bond motifs is 1. The topological polar surface area (TPSA) is 253 Å². The summed E-state index contributed by atoms with van der Waals surface area (Å²) in [5, 5.41) is 117. The van der Waals surface area contributed by atoms with Crippen LogP contribution in [0.1, 0.15) is 117 Å². The Balaban J connectivity index is 1.03. The first-order valence-electron chi connectivity index (χ1n) is 29.9. The minimum absolute atomic E-state index is 0.0443. The predicted molar refractivity (Wildman–Crippen MR) is 301 cm³/mol. The van der Waals surface area contributed by atoms with Crippen LogP contribution in [-0.4, -0.2) is 157 Å². The van der Waals surface area contributed by atoms with Crippen LogP contribution < -0.4 is 10.2 Å². The summed E-state index contributed by atoms with van der Waals surface area (Å²) in [6.07, 6.45) is 12.2. The lowest BCUT2D eigenvalue weighted by molar-refractivity contribution is -0.235. The molecule has 1 aromatic rings. The zero-order valence-corrected chi connectivity index (χ0v) is 48.5. The van der Waals surface area contributed by atoms with Crippen LogP contribution in [0.25, 0.3) is 0 Å². The number of amides is 1. The highest BCUT2D eigenvalue weighted by Gasteiger charge is 2.82. The van der Waals surface area contributed by atoms with Crippen molar-refractivity contribution in [3.05, 3.63) is 59.7 Å². The Labute approximate surface area is 473 Å². The van der Waals surface area contributed by atoms with E-state index in [1.165, 1.54) is 10.8 Å². The number of aryl methyl sites for hydroxylation is 1. The van der Waals surface area contributed by atoms with Crippen molar-refractivity contribution < 1.29 is 65.0 Å². The lowest BCUT2D eigenvalue weighted by Crippen LogP contribution is -2.72. The largest absolute Gasteiger partial charge is 0.508 e. The van der Waals surface area contributed by atoms with Crippen molar-refractivity contribution in [1.29, 1.82) is 0 Å². The Morgan fingerprint density at radius 3 is 2.48 bits per heavy atom. The highest BCUT2D eigenvalue weighted by atomic mass is 33.1. The molecule has 1 amide bonds. The molecule has 436 valence electrons. The number of nitrogens with zero attached hydrogens (tertiary/aromatic N) is 1. The van der Waals surface area contributed by atoms with Gasteiger partial charge in [0.1, 0.15) is 28.5 Å². The number of carbonyl (C=O) groups excluding carboxylic acids is 2. The number of aliphatic hydroxyl groups excluding tert-OH is 5. The number of rotatable bonds is 12. The number of ether oxygens (including phenoxy) is 2. The number of phenols is 1. The van der Waals surface area contributed by atoms with Crippen molar-refractivity contribution in [2.75, 3.05) is 57.2 Å². The minimum Gasteiger partial charge on any atom is -0.508 e. The second-order valence-electron chi connectivity index (χ2n) is 27.7. The first-order valence-corrected chi connectivity index (χ1v) is 32.3. The van der Waals surface area contributed by atoms with E-state index in [2.05, 4.69) is 44.3 Å². The van der Waals surface area contributed by atoms with Gasteiger partial charge in [-0.3, -0.25) is 9.59 Å². The zero-order valence-electron chi connectivity index (χ0n) is 46.9. The van der Waals surface area contributed by atoms with Gasteiger partial charge in [-0.25, -0.2) is 0 Å². The van der Waals surface area contributed by atoms with Gasteiger partial charge in [-0.1, -0.05) is 80.0 Å². The van der Waals surface area contributed by atoms with E-state index in [1.54, 1.807) is 30.2 Å². The van der Waals surface area contributed by atoms with Crippen molar-refractivity contribution in [1.82, 2.24) is 5.32 Å². The van der Waals surface area contributed by atoms with Crippen LogP contribution in [0.2, 0.25) is 0 Å². The molecule has 17 heteroatoms. The molecule has 1 aromatic carbocycles. The van der Waals surface area contributed by atoms with Gasteiger partial charge in [0.15, 0.2) is 5.78 Å². The Hall–Kier alpha value is -2.36. The standard InChI is InChI=1S/C62H88N2O13S2/c1-35(2)36(3)49-51(77-49)60(74)16-9-10-39-25-44-45-27-47(68)58(28-48(69)56(73,34-66)31-54(44,58)4)53(72)79-78-30-41-11-8-15-55(33-65)17-13-40-24-38(29-63-20-6-7-21-76-5)50(70)59(40)32-64(52(71)62(41,55)59)42-22-37(23-43(67)26-42)12-18-57(39)46(60)14-19-61(45,57)75/h9-10,13,17,22-23,26-27,35-36,38-41,44,46,48-51,53,63,65-67,69-70,72-75H,6-8,11-12,14-16,18-21,24-25,28-34H2,1-5H3. The lowest BCUT2D eigenvalue weighted by atomic mass is 9.38. The van der Waals surface area contributed by atoms with Crippen molar-refractivity contribution in [2.45, 2.75) is 164 Å². The number of carbonyl (C=O) groups is 2. The molecule has 5 saturated carbocycles. The fraction of sp³-hybridized carbons (Fsp3) is 0.774. The van der Waals surface area contributed by atoms with Crippen LogP contribution >= 0.6 is 21.6 Å². The van der Waals surface area contributed by atoms with Crippen LogP contribution in [0, 0.1) is 79.8 Å². The molecule has 21 unspecified atom stereocenters. The summed E-state index contributed by atoms with van der Waals surface area (Å²) >= 11 is 0. The molecule has 14 rings (SSSR count). The number of ketones is 1. The summed E-state index contributed by atoms with van der Waals surface area (Å²) in [6.45, 7) is 9.29. The molecular formula is C62H88N2O13S2. The molecule has 5 heterocycles. The fourth-order valence-corrected chi connectivity index (χ4v) is 23.6. The van der Waals surface area contributed by atoms with Crippen LogP contribution in [0.3, 0.4) is 0 Å². The molecule has 79 heavy (non-hydrogen) atoms. The zero-order chi connectivity index (χ0) is 56.1. The SMILES string of the molecule is COCCCCNCC1CC2C=CC3(CO)CCCC4CSSC(O)C56CC(O)C(O)(CO)CC5(C)C5CC7C=CCC(O)(C8OC8C(C)C(C)C)C8CCC(O)(C5=CC6=O)C78CCc5cc(O)cc(c5)N5CC2(C1O)C43C5=O. The van der Waals surface area contributed by atoms with E-state index in [0.717, 1.165) is 30.2 Å². The maximum absolute atomic E-state index is 16.6. The maximum atomic E-state index is 16.6. The number of methoxy groups -OCH3 is 1. The van der Waals surface area contributed by atoms with Gasteiger partial charge in [-0.2, -0.15) is 0 Å². The maximum Gasteiger partial charge on any atom is 0.235 e. The third-order valence-corrected chi connectivity index (χ3v) is 27.2. The van der Waals surface area contributed by atoms with Crippen molar-refractivity contribution in [3.63, 3.8) is 0 Å². The normalized spacial score (nSPS) is 48.9. The summed E-state index contributed by atoms with van der Waals surface area (Å²) in [5.41, 5.74) is -12.6. The van der Waals surface area contributed by atoms with Gasteiger partial charge in [0.25, 0.3) is 0 Å². The molecule has 2 saturated heterocycles. The highest BCUT2D eigenvalue weighted by molar-refractivity contribution is 8.76. The van der Waals surface area contributed by atoms with Crippen LogP contribution in [0.4, 0.5) is 5.69 Å². The monoisotopic (exact) mass is 1130 g/mol. The van der Waals surface area contributed by atoms with Gasteiger partial charge < -0.3 is 65.6 Å². The number of phenolic OH excluding ortho intramolecular Hbond substituents is 1. The van der Waals surface area contributed by atoms with Crippen molar-refractivity contribution in [3.8, 4) is 5.75 Å². The van der Waals surface area contributed by atoms with Gasteiger partial charge >= 0.3 is 0 Å². The number of nitrogens with one attached hydrogen (secondary N) is 1. The summed E-state index contributed by atoms with van der Waals surface area (Å²) in [6, 6.07) is 5.31. The second-order valence-corrected chi connectivity index (χ2v) is 30.2. The number of hydrogen-bond donors (Lipinski definition) is 10. The number of anilines is 1. The van der Waals surface area contributed by atoms with E-state index in [0.29, 0.717) is 87.1 Å². The molecule has 0 aromatic heterocycles. The quantitative estimate of drug-likeness (QED) is 0.0528. The summed E-state index contributed by atoms with van der Waals surface area (Å²) in [4.78, 5) is 34.3. The number of epoxide rings is 1. The van der Waals surface area contributed by atoms with E-state index in [1.807, 2.05) is 19.1 Å². The van der Waals surface area contributed by atoms with Gasteiger partial charge in [0, 0.05) is 66.5 Å². The average molecular weight is 1130 g/mol. The molecular weight excluding hydrogens is 1040 g/mol. The van der Waals surface area contributed by atoms with Crippen molar-refractivity contribution >= 4 is 39.0 Å². The molecule has 8 aliphatic carbocycles.